The molecular weight excluding hydrogens is 188 g/mol. The maximum Gasteiger partial charge on any atom is 0.114 e. The third kappa shape index (κ3) is 3.78. The largest absolute Gasteiger partial charge is 0.313 e. The van der Waals surface area contributed by atoms with Gasteiger partial charge in [0.05, 0.1) is 6.07 Å². The van der Waals surface area contributed by atoms with E-state index in [4.69, 9.17) is 11.0 Å². The second-order valence-corrected chi connectivity index (χ2v) is 5.06. The zero-order chi connectivity index (χ0) is 11.5. The first-order valence-electron chi connectivity index (χ1n) is 5.53. The molecule has 0 spiro atoms. The number of nitriles is 1. The number of hydrogen-bond acceptors (Lipinski definition) is 4. The predicted molar refractivity (Wildman–Crippen MR) is 61.4 cm³/mol. The van der Waals surface area contributed by atoms with Crippen LogP contribution in [0.2, 0.25) is 0 Å². The molecule has 0 aromatic rings. The van der Waals surface area contributed by atoms with E-state index in [-0.39, 0.29) is 0 Å². The first-order valence-corrected chi connectivity index (χ1v) is 5.53. The van der Waals surface area contributed by atoms with Crippen molar-refractivity contribution in [2.24, 2.45) is 5.73 Å². The van der Waals surface area contributed by atoms with Crippen LogP contribution in [-0.4, -0.2) is 55.1 Å². The standard InChI is InChI=1S/C11H22N4/c1-11(13,8-12)9-15-6-4-5-10(15)7-14(2)3/h10H,4-7,9,13H2,1-3H3. The van der Waals surface area contributed by atoms with Gasteiger partial charge in [0.25, 0.3) is 0 Å². The molecule has 0 saturated carbocycles. The van der Waals surface area contributed by atoms with Crippen molar-refractivity contribution in [1.29, 1.82) is 5.26 Å². The molecule has 4 heteroatoms. The first-order chi connectivity index (χ1) is 6.94. The summed E-state index contributed by atoms with van der Waals surface area (Å²) in [5, 5.41) is 8.91. The minimum Gasteiger partial charge on any atom is -0.313 e. The molecule has 1 aliphatic heterocycles. The highest BCUT2D eigenvalue weighted by atomic mass is 15.2. The maximum atomic E-state index is 8.91. The number of likely N-dealkylation sites (N-methyl/N-ethyl adjacent to an activating group) is 1. The fourth-order valence-corrected chi connectivity index (χ4v) is 2.19. The second kappa shape index (κ2) is 4.93. The summed E-state index contributed by atoms with van der Waals surface area (Å²) in [4.78, 5) is 4.55. The van der Waals surface area contributed by atoms with E-state index in [1.807, 2.05) is 0 Å². The Morgan fingerprint density at radius 2 is 2.27 bits per heavy atom. The molecule has 86 valence electrons. The molecule has 0 amide bonds. The van der Waals surface area contributed by atoms with Gasteiger partial charge in [0, 0.05) is 19.1 Å². The van der Waals surface area contributed by atoms with Crippen molar-refractivity contribution in [3.05, 3.63) is 0 Å². The van der Waals surface area contributed by atoms with E-state index in [0.717, 1.165) is 13.1 Å². The summed E-state index contributed by atoms with van der Waals surface area (Å²) >= 11 is 0. The summed E-state index contributed by atoms with van der Waals surface area (Å²) in [6.45, 7) is 4.62. The lowest BCUT2D eigenvalue weighted by atomic mass is 10.1. The van der Waals surface area contributed by atoms with Crippen molar-refractivity contribution in [3.8, 4) is 6.07 Å². The van der Waals surface area contributed by atoms with Gasteiger partial charge in [-0.1, -0.05) is 0 Å². The van der Waals surface area contributed by atoms with Crippen molar-refractivity contribution in [2.45, 2.75) is 31.3 Å². The van der Waals surface area contributed by atoms with E-state index < -0.39 is 5.54 Å². The average Bonchev–Trinajstić information content (AvgIpc) is 2.51. The number of rotatable bonds is 4. The van der Waals surface area contributed by atoms with E-state index in [0.29, 0.717) is 12.6 Å². The van der Waals surface area contributed by atoms with Crippen LogP contribution >= 0.6 is 0 Å². The normalized spacial score (nSPS) is 26.5. The molecule has 1 fully saturated rings. The van der Waals surface area contributed by atoms with Crippen molar-refractivity contribution in [1.82, 2.24) is 9.80 Å². The lowest BCUT2D eigenvalue weighted by molar-refractivity contribution is 0.187. The van der Waals surface area contributed by atoms with Gasteiger partial charge >= 0.3 is 0 Å². The topological polar surface area (TPSA) is 56.3 Å². The van der Waals surface area contributed by atoms with Gasteiger partial charge in [-0.15, -0.1) is 0 Å². The quantitative estimate of drug-likeness (QED) is 0.723. The highest BCUT2D eigenvalue weighted by molar-refractivity contribution is 5.04. The molecule has 0 radical (unpaired) electrons. The third-order valence-corrected chi connectivity index (χ3v) is 2.86. The van der Waals surface area contributed by atoms with Crippen molar-refractivity contribution in [2.75, 3.05) is 33.7 Å². The molecule has 1 saturated heterocycles. The van der Waals surface area contributed by atoms with Crippen LogP contribution in [0.4, 0.5) is 0 Å². The predicted octanol–water partition coefficient (Wildman–Crippen LogP) is 0.253. The summed E-state index contributed by atoms with van der Waals surface area (Å²) in [5.74, 6) is 0. The van der Waals surface area contributed by atoms with Crippen molar-refractivity contribution in [3.63, 3.8) is 0 Å². The van der Waals surface area contributed by atoms with E-state index in [1.165, 1.54) is 12.8 Å². The number of likely N-dealkylation sites (tertiary alicyclic amines) is 1. The number of hydrogen-bond donors (Lipinski definition) is 1. The molecular formula is C11H22N4. The SMILES string of the molecule is CN(C)CC1CCCN1CC(C)(N)C#N. The molecule has 1 rings (SSSR count). The van der Waals surface area contributed by atoms with Gasteiger partial charge in [0.15, 0.2) is 0 Å². The molecule has 0 aromatic heterocycles. The monoisotopic (exact) mass is 210 g/mol. The van der Waals surface area contributed by atoms with Crippen LogP contribution < -0.4 is 5.73 Å². The lowest BCUT2D eigenvalue weighted by Crippen LogP contribution is -2.50. The summed E-state index contributed by atoms with van der Waals surface area (Å²) in [7, 11) is 4.17. The smallest absolute Gasteiger partial charge is 0.114 e. The van der Waals surface area contributed by atoms with Crippen LogP contribution in [0.1, 0.15) is 19.8 Å². The van der Waals surface area contributed by atoms with Gasteiger partial charge in [0.2, 0.25) is 0 Å². The Kier molecular flexibility index (Phi) is 4.09. The van der Waals surface area contributed by atoms with E-state index in [1.54, 1.807) is 6.92 Å². The number of nitrogens with zero attached hydrogens (tertiary/aromatic N) is 3. The van der Waals surface area contributed by atoms with E-state index in [2.05, 4.69) is 30.0 Å². The van der Waals surface area contributed by atoms with Crippen molar-refractivity contribution < 1.29 is 0 Å². The van der Waals surface area contributed by atoms with Crippen LogP contribution in [0, 0.1) is 11.3 Å². The fourth-order valence-electron chi connectivity index (χ4n) is 2.19. The minimum absolute atomic E-state index is 0.566. The minimum atomic E-state index is -0.713. The first kappa shape index (κ1) is 12.4. The van der Waals surface area contributed by atoms with Gasteiger partial charge in [-0.25, -0.2) is 0 Å². The fraction of sp³-hybridized carbons (Fsp3) is 0.909. The van der Waals surface area contributed by atoms with Crippen LogP contribution in [0.25, 0.3) is 0 Å². The highest BCUT2D eigenvalue weighted by Gasteiger charge is 2.30. The molecule has 2 unspecified atom stereocenters. The Morgan fingerprint density at radius 3 is 2.80 bits per heavy atom. The zero-order valence-electron chi connectivity index (χ0n) is 10.0. The molecule has 2 atom stereocenters. The molecule has 0 aliphatic carbocycles. The van der Waals surface area contributed by atoms with E-state index in [9.17, 15) is 0 Å². The molecule has 1 heterocycles. The summed E-state index contributed by atoms with van der Waals surface area (Å²) in [5.41, 5.74) is 5.16. The zero-order valence-corrected chi connectivity index (χ0v) is 10.0. The Hall–Kier alpha value is -0.630. The Balaban J connectivity index is 2.51. The van der Waals surface area contributed by atoms with Crippen LogP contribution in [-0.2, 0) is 0 Å². The molecule has 0 aromatic carbocycles. The van der Waals surface area contributed by atoms with Crippen molar-refractivity contribution >= 4 is 0 Å². The molecule has 15 heavy (non-hydrogen) atoms. The van der Waals surface area contributed by atoms with E-state index >= 15 is 0 Å². The Bertz CT molecular complexity index is 241. The molecule has 0 bridgehead atoms. The third-order valence-electron chi connectivity index (χ3n) is 2.86. The average molecular weight is 210 g/mol. The maximum absolute atomic E-state index is 8.91. The summed E-state index contributed by atoms with van der Waals surface area (Å²) in [6.07, 6.45) is 2.44. The molecule has 4 nitrogen and oxygen atoms in total. The Labute approximate surface area is 92.6 Å². The second-order valence-electron chi connectivity index (χ2n) is 5.06. The summed E-state index contributed by atoms with van der Waals surface area (Å²) in [6, 6.07) is 2.73. The van der Waals surface area contributed by atoms with Gasteiger partial charge in [-0.2, -0.15) is 5.26 Å². The molecule has 2 N–H and O–H groups in total. The van der Waals surface area contributed by atoms with Gasteiger partial charge in [0.1, 0.15) is 5.54 Å². The number of nitrogens with two attached hydrogens (primary N) is 1. The van der Waals surface area contributed by atoms with Crippen LogP contribution in [0.5, 0.6) is 0 Å². The van der Waals surface area contributed by atoms with Gasteiger partial charge in [-0.3, -0.25) is 4.90 Å². The molecule has 1 aliphatic rings. The van der Waals surface area contributed by atoms with Gasteiger partial charge in [-0.05, 0) is 40.4 Å². The van der Waals surface area contributed by atoms with Gasteiger partial charge < -0.3 is 10.6 Å². The lowest BCUT2D eigenvalue weighted by Gasteiger charge is -2.30. The van der Waals surface area contributed by atoms with Crippen LogP contribution in [0.3, 0.4) is 0 Å². The van der Waals surface area contributed by atoms with Crippen LogP contribution in [0.15, 0.2) is 0 Å². The Morgan fingerprint density at radius 1 is 1.60 bits per heavy atom. The highest BCUT2D eigenvalue weighted by Crippen LogP contribution is 2.19. The summed E-state index contributed by atoms with van der Waals surface area (Å²) < 4.78 is 0.